The van der Waals surface area contributed by atoms with Gasteiger partial charge < -0.3 is 24.8 Å². The van der Waals surface area contributed by atoms with Crippen LogP contribution in [0.2, 0.25) is 0 Å². The predicted molar refractivity (Wildman–Crippen MR) is 113 cm³/mol. The van der Waals surface area contributed by atoms with Gasteiger partial charge in [-0.05, 0) is 32.1 Å². The molecule has 0 spiro atoms. The molecule has 0 radical (unpaired) electrons. The molecule has 1 heterocycles. The summed E-state index contributed by atoms with van der Waals surface area (Å²) in [5.74, 6) is 0. The van der Waals surface area contributed by atoms with Gasteiger partial charge >= 0.3 is 0 Å². The third-order valence-corrected chi connectivity index (χ3v) is 5.50. The van der Waals surface area contributed by atoms with Gasteiger partial charge in [0.25, 0.3) is 0 Å². The van der Waals surface area contributed by atoms with E-state index in [1.165, 1.54) is 64.2 Å². The van der Waals surface area contributed by atoms with Crippen LogP contribution in [-0.4, -0.2) is 59.6 Å². The minimum atomic E-state index is -1.09. The van der Waals surface area contributed by atoms with Crippen molar-refractivity contribution in [2.24, 2.45) is 0 Å². The van der Waals surface area contributed by atoms with Crippen molar-refractivity contribution in [3.8, 4) is 0 Å². The van der Waals surface area contributed by atoms with Crippen molar-refractivity contribution >= 4 is 0 Å². The van der Waals surface area contributed by atoms with Crippen molar-refractivity contribution < 1.29 is 24.8 Å². The van der Waals surface area contributed by atoms with Crippen LogP contribution in [0.1, 0.15) is 90.4 Å². The first-order valence-electron chi connectivity index (χ1n) is 11.6. The van der Waals surface area contributed by atoms with Gasteiger partial charge in [-0.2, -0.15) is 0 Å². The number of aliphatic hydroxyl groups excluding tert-OH is 3. The Labute approximate surface area is 172 Å². The van der Waals surface area contributed by atoms with Crippen molar-refractivity contribution in [3.63, 3.8) is 0 Å². The fourth-order valence-corrected chi connectivity index (χ4v) is 3.57. The second-order valence-corrected chi connectivity index (χ2v) is 8.03. The van der Waals surface area contributed by atoms with Crippen LogP contribution in [-0.2, 0) is 9.47 Å². The molecule has 166 valence electrons. The second-order valence-electron chi connectivity index (χ2n) is 8.03. The molecule has 1 aliphatic heterocycles. The summed E-state index contributed by atoms with van der Waals surface area (Å²) in [7, 11) is 0. The summed E-state index contributed by atoms with van der Waals surface area (Å²) >= 11 is 0. The average Bonchev–Trinajstić information content (AvgIpc) is 2.70. The van der Waals surface area contributed by atoms with Gasteiger partial charge in [0, 0.05) is 6.61 Å². The fourth-order valence-electron chi connectivity index (χ4n) is 3.57. The third-order valence-electron chi connectivity index (χ3n) is 5.50. The average molecular weight is 401 g/mol. The molecule has 4 atom stereocenters. The summed E-state index contributed by atoms with van der Waals surface area (Å²) in [6, 6.07) is 0. The molecule has 0 amide bonds. The van der Waals surface area contributed by atoms with Crippen LogP contribution >= 0.6 is 0 Å². The van der Waals surface area contributed by atoms with Crippen molar-refractivity contribution in [1.29, 1.82) is 0 Å². The maximum atomic E-state index is 9.99. The Morgan fingerprint density at radius 1 is 0.821 bits per heavy atom. The summed E-state index contributed by atoms with van der Waals surface area (Å²) < 4.78 is 10.9. The fraction of sp³-hybridized carbons (Fsp3) is 0.913. The Morgan fingerprint density at radius 2 is 1.39 bits per heavy atom. The first-order chi connectivity index (χ1) is 13.7. The molecule has 1 fully saturated rings. The smallest absolute Gasteiger partial charge is 0.111 e. The number of ether oxygens (including phenoxy) is 2. The molecular weight excluding hydrogens is 356 g/mol. The Bertz CT molecular complexity index is 374. The molecule has 3 N–H and O–H groups in total. The number of allylic oxidation sites excluding steroid dienone is 2. The number of aliphatic hydroxyl groups is 3. The molecular formula is C23H44O5. The summed E-state index contributed by atoms with van der Waals surface area (Å²) in [5.41, 5.74) is 0. The molecule has 0 aromatic rings. The van der Waals surface area contributed by atoms with Gasteiger partial charge in [-0.1, -0.05) is 70.4 Å². The van der Waals surface area contributed by atoms with E-state index in [2.05, 4.69) is 19.1 Å². The highest BCUT2D eigenvalue weighted by atomic mass is 16.6. The molecule has 0 aromatic heterocycles. The second kappa shape index (κ2) is 17.4. The highest BCUT2D eigenvalue weighted by molar-refractivity contribution is 4.87. The summed E-state index contributed by atoms with van der Waals surface area (Å²) in [6.45, 7) is 2.73. The summed E-state index contributed by atoms with van der Waals surface area (Å²) in [6.07, 6.45) is 17.8. The summed E-state index contributed by atoms with van der Waals surface area (Å²) in [4.78, 5) is 0. The highest BCUT2D eigenvalue weighted by Crippen LogP contribution is 2.18. The van der Waals surface area contributed by atoms with E-state index in [0.29, 0.717) is 6.61 Å². The van der Waals surface area contributed by atoms with E-state index in [-0.39, 0.29) is 13.2 Å². The van der Waals surface area contributed by atoms with E-state index >= 15 is 0 Å². The Balaban J connectivity index is 1.87. The molecule has 0 aliphatic carbocycles. The lowest BCUT2D eigenvalue weighted by atomic mass is 10.0. The van der Waals surface area contributed by atoms with E-state index in [1.54, 1.807) is 0 Å². The maximum absolute atomic E-state index is 9.99. The lowest BCUT2D eigenvalue weighted by Crippen LogP contribution is -2.55. The molecule has 5 nitrogen and oxygen atoms in total. The standard InChI is InChI=1S/C23H44O5/c1-2-3-4-5-6-7-8-9-10-11-12-13-14-15-16-17-27-21-19-28-20(18-24)22(25)23(21)26/h12-13,20-26H,2-11,14-19H2,1H3/b13-12+/t20-,21+,22-,23-/m1/s1. The largest absolute Gasteiger partial charge is 0.394 e. The van der Waals surface area contributed by atoms with Gasteiger partial charge in [-0.15, -0.1) is 0 Å². The first-order valence-corrected chi connectivity index (χ1v) is 11.6. The highest BCUT2D eigenvalue weighted by Gasteiger charge is 2.38. The van der Waals surface area contributed by atoms with Crippen LogP contribution < -0.4 is 0 Å². The minimum absolute atomic E-state index is 0.210. The topological polar surface area (TPSA) is 79.2 Å². The first kappa shape index (κ1) is 25.6. The van der Waals surface area contributed by atoms with Gasteiger partial charge in [0.2, 0.25) is 0 Å². The van der Waals surface area contributed by atoms with Crippen molar-refractivity contribution in [2.75, 3.05) is 19.8 Å². The van der Waals surface area contributed by atoms with Crippen LogP contribution in [0.5, 0.6) is 0 Å². The SMILES string of the molecule is CCCCCCCCCCC/C=C/CCCCO[C@H]1CO[C@H](CO)[C@@H](O)[C@@H]1O. The van der Waals surface area contributed by atoms with Crippen LogP contribution in [0, 0.1) is 0 Å². The Morgan fingerprint density at radius 3 is 2.00 bits per heavy atom. The number of rotatable bonds is 17. The van der Waals surface area contributed by atoms with E-state index in [0.717, 1.165) is 19.3 Å². The van der Waals surface area contributed by atoms with E-state index < -0.39 is 24.4 Å². The van der Waals surface area contributed by atoms with Crippen LogP contribution in [0.15, 0.2) is 12.2 Å². The number of unbranched alkanes of at least 4 members (excludes halogenated alkanes) is 11. The van der Waals surface area contributed by atoms with E-state index in [4.69, 9.17) is 14.6 Å². The van der Waals surface area contributed by atoms with Gasteiger partial charge in [0.1, 0.15) is 24.4 Å². The molecule has 0 unspecified atom stereocenters. The quantitative estimate of drug-likeness (QED) is 0.253. The van der Waals surface area contributed by atoms with Gasteiger partial charge in [0.05, 0.1) is 13.2 Å². The molecule has 5 heteroatoms. The molecule has 1 saturated heterocycles. The van der Waals surface area contributed by atoms with Gasteiger partial charge in [-0.3, -0.25) is 0 Å². The Kier molecular flexibility index (Phi) is 15.9. The zero-order valence-electron chi connectivity index (χ0n) is 17.9. The zero-order chi connectivity index (χ0) is 20.5. The normalized spacial score (nSPS) is 25.6. The van der Waals surface area contributed by atoms with Crippen LogP contribution in [0.4, 0.5) is 0 Å². The zero-order valence-corrected chi connectivity index (χ0v) is 17.9. The van der Waals surface area contributed by atoms with Gasteiger partial charge in [0.15, 0.2) is 0 Å². The molecule has 0 aromatic carbocycles. The minimum Gasteiger partial charge on any atom is -0.394 e. The van der Waals surface area contributed by atoms with Gasteiger partial charge in [-0.25, -0.2) is 0 Å². The molecule has 1 aliphatic rings. The third kappa shape index (κ3) is 11.5. The van der Waals surface area contributed by atoms with Crippen molar-refractivity contribution in [1.82, 2.24) is 0 Å². The van der Waals surface area contributed by atoms with E-state index in [9.17, 15) is 10.2 Å². The molecule has 1 rings (SSSR count). The van der Waals surface area contributed by atoms with E-state index in [1.807, 2.05) is 0 Å². The predicted octanol–water partition coefficient (Wildman–Crippen LogP) is 4.13. The van der Waals surface area contributed by atoms with Crippen molar-refractivity contribution in [2.45, 2.75) is 115 Å². The molecule has 0 saturated carbocycles. The molecule has 0 bridgehead atoms. The molecule has 28 heavy (non-hydrogen) atoms. The lowest BCUT2D eigenvalue weighted by Gasteiger charge is -2.36. The number of hydrogen-bond acceptors (Lipinski definition) is 5. The monoisotopic (exact) mass is 400 g/mol. The lowest BCUT2D eigenvalue weighted by molar-refractivity contribution is -0.208. The number of hydrogen-bond donors (Lipinski definition) is 3. The van der Waals surface area contributed by atoms with Crippen LogP contribution in [0.25, 0.3) is 0 Å². The summed E-state index contributed by atoms with van der Waals surface area (Å²) in [5, 5.41) is 28.9. The van der Waals surface area contributed by atoms with Crippen LogP contribution in [0.3, 0.4) is 0 Å². The Hall–Kier alpha value is -0.460. The van der Waals surface area contributed by atoms with Crippen molar-refractivity contribution in [3.05, 3.63) is 12.2 Å². The maximum Gasteiger partial charge on any atom is 0.111 e.